The molecule has 0 fully saturated rings. The third kappa shape index (κ3) is 13.5. The lowest BCUT2D eigenvalue weighted by molar-refractivity contribution is -0.130. The number of rotatable bonds is 24. The largest absolute Gasteiger partial charge is 0.511 e. The summed E-state index contributed by atoms with van der Waals surface area (Å²) in [5, 5.41) is 45.8. The van der Waals surface area contributed by atoms with E-state index >= 15 is 0 Å². The molecule has 0 heterocycles. The van der Waals surface area contributed by atoms with Crippen molar-refractivity contribution in [2.24, 2.45) is 22.7 Å². The second-order valence-corrected chi connectivity index (χ2v) is 19.5. The molecular weight excluding hydrogens is 847 g/mol. The van der Waals surface area contributed by atoms with Gasteiger partial charge in [-0.1, -0.05) is 141 Å². The van der Waals surface area contributed by atoms with Gasteiger partial charge in [0.05, 0.1) is 10.8 Å². The molecule has 64 heavy (non-hydrogen) atoms. The molecule has 0 amide bonds. The molecule has 352 valence electrons. The van der Waals surface area contributed by atoms with Crippen LogP contribution in [0.5, 0.6) is 0 Å². The lowest BCUT2D eigenvalue weighted by Gasteiger charge is -2.37. The number of carbonyl (C=O) groups is 4. The number of aliphatic hydroxyl groups is 4. The summed E-state index contributed by atoms with van der Waals surface area (Å²) < 4.78 is 0. The van der Waals surface area contributed by atoms with Crippen molar-refractivity contribution in [2.75, 3.05) is 0 Å². The number of Topliss-reactive ketones (excluding diaryl/α,β-unsaturated/α-hetero) is 4. The van der Waals surface area contributed by atoms with Gasteiger partial charge in [0.1, 0.15) is 34.2 Å². The highest BCUT2D eigenvalue weighted by Gasteiger charge is 2.51. The number of hydrogen-bond acceptors (Lipinski definition) is 8. The van der Waals surface area contributed by atoms with Gasteiger partial charge in [-0.25, -0.2) is 0 Å². The Morgan fingerprint density at radius 2 is 0.844 bits per heavy atom. The van der Waals surface area contributed by atoms with Gasteiger partial charge in [-0.3, -0.25) is 19.2 Å². The fraction of sp³-hybridized carbons (Fsp3) is 0.556. The average Bonchev–Trinajstić information content (AvgIpc) is 3.25. The van der Waals surface area contributed by atoms with Crippen molar-refractivity contribution in [1.82, 2.24) is 0 Å². The Bertz CT molecular complexity index is 2040. The second kappa shape index (κ2) is 25.5. The molecule has 2 aliphatic rings. The van der Waals surface area contributed by atoms with Crippen LogP contribution < -0.4 is 0 Å². The van der Waals surface area contributed by atoms with Gasteiger partial charge in [0.15, 0.2) is 23.1 Å². The predicted octanol–water partition coefficient (Wildman–Crippen LogP) is 14.9. The minimum Gasteiger partial charge on any atom is -0.511 e. The Labute approximate surface area is 392 Å². The molecule has 0 radical (unpaired) electrons. The Balaban J connectivity index is 0.000000341. The van der Waals surface area contributed by atoms with Crippen LogP contribution in [0.15, 0.2) is 93.9 Å². The quantitative estimate of drug-likeness (QED) is 0.0761. The van der Waals surface area contributed by atoms with Crippen molar-refractivity contribution in [3.63, 3.8) is 0 Å². The van der Waals surface area contributed by atoms with E-state index in [4.69, 9.17) is 23.2 Å². The lowest BCUT2D eigenvalue weighted by atomic mass is 9.65. The minimum atomic E-state index is -1.12. The summed E-state index contributed by atoms with van der Waals surface area (Å²) in [6, 6.07) is 14.5. The maximum atomic E-state index is 13.8. The summed E-state index contributed by atoms with van der Waals surface area (Å²) >= 11 is 11.9. The van der Waals surface area contributed by atoms with Crippen LogP contribution >= 0.6 is 23.2 Å². The van der Waals surface area contributed by atoms with Crippen molar-refractivity contribution in [3.05, 3.63) is 115 Å². The molecule has 0 aliphatic heterocycles. The fourth-order valence-corrected chi connectivity index (χ4v) is 9.18. The summed E-state index contributed by atoms with van der Waals surface area (Å²) in [4.78, 5) is 53.9. The van der Waals surface area contributed by atoms with Crippen molar-refractivity contribution in [3.8, 4) is 0 Å². The first-order chi connectivity index (χ1) is 30.3. The zero-order chi connectivity index (χ0) is 47.8. The van der Waals surface area contributed by atoms with E-state index in [2.05, 4.69) is 27.7 Å². The van der Waals surface area contributed by atoms with Gasteiger partial charge in [-0.2, -0.15) is 0 Å². The number of unbranched alkanes of at least 4 members (excludes halogenated alkanes) is 2. The third-order valence-corrected chi connectivity index (χ3v) is 13.2. The number of hydrogen-bond donors (Lipinski definition) is 4. The minimum absolute atomic E-state index is 0.0122. The molecule has 0 aromatic heterocycles. The normalized spacial score (nSPS) is 16.2. The molecule has 4 N–H and O–H groups in total. The molecule has 0 saturated carbocycles. The van der Waals surface area contributed by atoms with Gasteiger partial charge in [0.2, 0.25) is 0 Å². The van der Waals surface area contributed by atoms with E-state index < -0.39 is 22.4 Å². The van der Waals surface area contributed by atoms with Crippen LogP contribution in [0.25, 0.3) is 0 Å². The van der Waals surface area contributed by atoms with E-state index in [0.717, 1.165) is 49.7 Å². The summed E-state index contributed by atoms with van der Waals surface area (Å²) in [5.74, 6) is -1.54. The Morgan fingerprint density at radius 1 is 0.516 bits per heavy atom. The number of halogens is 2. The van der Waals surface area contributed by atoms with E-state index in [-0.39, 0.29) is 58.6 Å². The Morgan fingerprint density at radius 3 is 1.14 bits per heavy atom. The first kappa shape index (κ1) is 54.2. The highest BCUT2D eigenvalue weighted by atomic mass is 35.5. The van der Waals surface area contributed by atoms with Crippen LogP contribution in [-0.2, 0) is 32.0 Å². The zero-order valence-electron chi connectivity index (χ0n) is 39.7. The van der Waals surface area contributed by atoms with E-state index in [1.54, 1.807) is 24.3 Å². The van der Waals surface area contributed by atoms with Crippen LogP contribution in [0.4, 0.5) is 0 Å². The molecule has 8 nitrogen and oxygen atoms in total. The SMILES string of the molecule is CCCC1(CCC)C(=O)C(C(=O)CCc2ccc(Cl)cc2)=C(O)C(CCC(C)C)=C1O.CCCCC1(CCCC)C(=O)C(C(=O)CCc2ccc(Cl)cc2)=C(O)C(CCC(C)C)=C1O. The van der Waals surface area contributed by atoms with E-state index in [0.29, 0.717) is 97.2 Å². The van der Waals surface area contributed by atoms with Crippen LogP contribution in [0.1, 0.15) is 169 Å². The molecule has 0 atom stereocenters. The molecule has 0 spiro atoms. The third-order valence-electron chi connectivity index (χ3n) is 12.7. The number of ketones is 4. The standard InChI is InChI=1S/C28H39ClO4.C26H35ClO4/c1-5-7-17-28(18-8-6-2)26(32)22(15-9-19(3)4)25(31)24(27(28)33)23(30)16-12-20-10-13-21(29)14-11-20;1-5-15-26(16-6-2)24(30)20(13-7-17(3)4)23(29)22(25(26)31)21(28)14-10-18-8-11-19(27)12-9-18/h10-11,13-14,19,31-32H,5-9,12,15-18H2,1-4H3;8-9,11-12,17,29-30H,5-7,10,13-16H2,1-4H3. The first-order valence-corrected chi connectivity index (χ1v) is 24.5. The number of allylic oxidation sites excluding steroid dienone is 6. The fourth-order valence-electron chi connectivity index (χ4n) is 8.93. The highest BCUT2D eigenvalue weighted by Crippen LogP contribution is 2.49. The number of aliphatic hydroxyl groups excluding tert-OH is 4. The molecule has 2 aromatic carbocycles. The van der Waals surface area contributed by atoms with Crippen LogP contribution in [0, 0.1) is 22.7 Å². The van der Waals surface area contributed by atoms with Crippen molar-refractivity contribution in [2.45, 2.75) is 171 Å². The van der Waals surface area contributed by atoms with Gasteiger partial charge < -0.3 is 20.4 Å². The van der Waals surface area contributed by atoms with Gasteiger partial charge in [-0.15, -0.1) is 0 Å². The molecule has 2 aliphatic carbocycles. The monoisotopic (exact) mass is 920 g/mol. The van der Waals surface area contributed by atoms with Crippen LogP contribution in [-0.4, -0.2) is 43.6 Å². The number of aryl methyl sites for hydroxylation is 2. The van der Waals surface area contributed by atoms with Gasteiger partial charge >= 0.3 is 0 Å². The lowest BCUT2D eigenvalue weighted by Crippen LogP contribution is -2.41. The van der Waals surface area contributed by atoms with Gasteiger partial charge in [0.25, 0.3) is 0 Å². The molecule has 0 unspecified atom stereocenters. The highest BCUT2D eigenvalue weighted by molar-refractivity contribution is 6.31. The molecular formula is C54H74Cl2O8. The summed E-state index contributed by atoms with van der Waals surface area (Å²) in [6.07, 6.45) is 10.1. The summed E-state index contributed by atoms with van der Waals surface area (Å²) in [6.45, 7) is 16.3. The smallest absolute Gasteiger partial charge is 0.183 e. The van der Waals surface area contributed by atoms with Crippen molar-refractivity contribution in [1.29, 1.82) is 0 Å². The molecule has 10 heteroatoms. The molecule has 2 aromatic rings. The number of carbonyl (C=O) groups excluding carboxylic acids is 4. The zero-order valence-corrected chi connectivity index (χ0v) is 41.2. The summed E-state index contributed by atoms with van der Waals surface area (Å²) in [5.41, 5.74) is 0.143. The average molecular weight is 922 g/mol. The maximum Gasteiger partial charge on any atom is 0.183 e. The van der Waals surface area contributed by atoms with E-state index in [1.165, 1.54) is 0 Å². The van der Waals surface area contributed by atoms with E-state index in [1.807, 2.05) is 52.0 Å². The van der Waals surface area contributed by atoms with E-state index in [9.17, 15) is 39.6 Å². The molecule has 0 saturated heterocycles. The number of benzene rings is 2. The summed E-state index contributed by atoms with van der Waals surface area (Å²) in [7, 11) is 0. The Kier molecular flexibility index (Phi) is 21.6. The molecule has 4 rings (SSSR count). The topological polar surface area (TPSA) is 149 Å². The maximum absolute atomic E-state index is 13.8. The van der Waals surface area contributed by atoms with Crippen LogP contribution in [0.2, 0.25) is 10.0 Å². The molecule has 0 bridgehead atoms. The predicted molar refractivity (Wildman–Crippen MR) is 260 cm³/mol. The van der Waals surface area contributed by atoms with Crippen molar-refractivity contribution >= 4 is 46.3 Å². The Hall–Kier alpha value is -4.14. The first-order valence-electron chi connectivity index (χ1n) is 23.7. The van der Waals surface area contributed by atoms with Gasteiger partial charge in [0, 0.05) is 34.0 Å². The van der Waals surface area contributed by atoms with Gasteiger partial charge in [-0.05, 0) is 111 Å². The second-order valence-electron chi connectivity index (χ2n) is 18.6. The van der Waals surface area contributed by atoms with Crippen LogP contribution in [0.3, 0.4) is 0 Å². The van der Waals surface area contributed by atoms with Crippen molar-refractivity contribution < 1.29 is 39.6 Å².